The molecule has 0 saturated carbocycles. The summed E-state index contributed by atoms with van der Waals surface area (Å²) in [5.41, 5.74) is 4.91. The molecule has 0 bridgehead atoms. The number of benzene rings is 3. The van der Waals surface area contributed by atoms with Gasteiger partial charge in [0.25, 0.3) is 0 Å². The minimum Gasteiger partial charge on any atom is -0.481 e. The summed E-state index contributed by atoms with van der Waals surface area (Å²) in [6.07, 6.45) is 5.63. The van der Waals surface area contributed by atoms with Crippen LogP contribution in [0.15, 0.2) is 79.0 Å². The van der Waals surface area contributed by atoms with Gasteiger partial charge in [-0.2, -0.15) is 5.26 Å². The molecule has 0 aliphatic rings. The van der Waals surface area contributed by atoms with Crippen molar-refractivity contribution in [1.82, 2.24) is 4.57 Å². The molecule has 0 aliphatic heterocycles. The molecule has 0 amide bonds. The zero-order valence-corrected chi connectivity index (χ0v) is 21.2. The summed E-state index contributed by atoms with van der Waals surface area (Å²) in [6, 6.07) is 23.1. The Hall–Kier alpha value is -4.37. The number of fused-ring (bicyclic) bond motifs is 1. The van der Waals surface area contributed by atoms with Crippen molar-refractivity contribution in [2.45, 2.75) is 46.2 Å². The third-order valence-electron chi connectivity index (χ3n) is 6.37. The lowest BCUT2D eigenvalue weighted by Crippen LogP contribution is -2.16. The number of rotatable bonds is 11. The summed E-state index contributed by atoms with van der Waals surface area (Å²) in [5, 5.41) is 19.7. The lowest BCUT2D eigenvalue weighted by molar-refractivity contribution is -0.137. The molecule has 0 spiro atoms. The summed E-state index contributed by atoms with van der Waals surface area (Å²) in [4.78, 5) is 26.1. The molecule has 6 nitrogen and oxygen atoms in total. The maximum absolute atomic E-state index is 13.6. The second kappa shape index (κ2) is 11.6. The number of carbonyl (C=O) groups excluding carboxylic acids is 1. The Labute approximate surface area is 217 Å². The van der Waals surface area contributed by atoms with Gasteiger partial charge >= 0.3 is 5.97 Å². The third-order valence-corrected chi connectivity index (χ3v) is 6.37. The van der Waals surface area contributed by atoms with Gasteiger partial charge in [-0.15, -0.1) is 0 Å². The summed E-state index contributed by atoms with van der Waals surface area (Å²) in [5.74, 6) is -0.385. The van der Waals surface area contributed by atoms with Crippen LogP contribution in [-0.2, 0) is 24.3 Å². The summed E-state index contributed by atoms with van der Waals surface area (Å²) >= 11 is 0. The number of ketones is 1. The molecule has 188 valence electrons. The van der Waals surface area contributed by atoms with Gasteiger partial charge in [0.15, 0.2) is 12.0 Å². The first-order valence-electron chi connectivity index (χ1n) is 12.5. The van der Waals surface area contributed by atoms with Crippen molar-refractivity contribution in [3.63, 3.8) is 0 Å². The Morgan fingerprint density at radius 1 is 1.00 bits per heavy atom. The van der Waals surface area contributed by atoms with E-state index in [2.05, 4.69) is 44.3 Å². The number of nitrogens with zero attached hydrogens (tertiary/aromatic N) is 3. The third kappa shape index (κ3) is 6.25. The van der Waals surface area contributed by atoms with Crippen LogP contribution in [0.25, 0.3) is 10.9 Å². The molecule has 0 radical (unpaired) electrons. The minimum absolute atomic E-state index is 0.0717. The van der Waals surface area contributed by atoms with E-state index in [0.717, 1.165) is 22.9 Å². The molecule has 3 aromatic carbocycles. The largest absolute Gasteiger partial charge is 0.481 e. The van der Waals surface area contributed by atoms with E-state index < -0.39 is 5.97 Å². The number of hydrogen-bond acceptors (Lipinski definition) is 4. The van der Waals surface area contributed by atoms with E-state index >= 15 is 0 Å². The molecule has 1 N–H and O–H groups in total. The first-order valence-corrected chi connectivity index (χ1v) is 12.5. The highest BCUT2D eigenvalue weighted by Gasteiger charge is 2.18. The van der Waals surface area contributed by atoms with E-state index in [4.69, 9.17) is 5.11 Å². The second-order valence-corrected chi connectivity index (χ2v) is 9.73. The molecule has 0 unspecified atom stereocenters. The molecular formula is C31H31N3O3. The molecule has 6 heteroatoms. The number of nitriles is 1. The number of hydrogen-bond donors (Lipinski definition) is 1. The van der Waals surface area contributed by atoms with Crippen LogP contribution >= 0.6 is 0 Å². The average Bonchev–Trinajstić information content (AvgIpc) is 3.26. The number of aryl methyl sites for hydroxylation is 1. The predicted octanol–water partition coefficient (Wildman–Crippen LogP) is 6.42. The van der Waals surface area contributed by atoms with Crippen molar-refractivity contribution in [2.75, 3.05) is 4.90 Å². The number of aromatic nitrogens is 1. The Morgan fingerprint density at radius 3 is 2.43 bits per heavy atom. The number of carbonyl (C=O) groups is 2. The number of carboxylic acid groups (broad SMARTS) is 1. The zero-order valence-electron chi connectivity index (χ0n) is 21.2. The smallest absolute Gasteiger partial charge is 0.303 e. The number of aliphatic carboxylic acids is 1. The van der Waals surface area contributed by atoms with E-state index in [1.807, 2.05) is 41.1 Å². The van der Waals surface area contributed by atoms with Crippen LogP contribution in [0.2, 0.25) is 0 Å². The van der Waals surface area contributed by atoms with Gasteiger partial charge in [0.05, 0.1) is 12.2 Å². The lowest BCUT2D eigenvalue weighted by atomic mass is 10.0. The fourth-order valence-electron chi connectivity index (χ4n) is 4.60. The number of anilines is 1. The van der Waals surface area contributed by atoms with Crippen LogP contribution in [-0.4, -0.2) is 21.4 Å². The summed E-state index contributed by atoms with van der Waals surface area (Å²) in [6.45, 7) is 5.31. The fourth-order valence-corrected chi connectivity index (χ4v) is 4.60. The first-order chi connectivity index (χ1) is 17.9. The van der Waals surface area contributed by atoms with E-state index in [1.54, 1.807) is 23.1 Å². The highest BCUT2D eigenvalue weighted by Crippen LogP contribution is 2.26. The van der Waals surface area contributed by atoms with Crippen molar-refractivity contribution in [2.24, 2.45) is 5.92 Å². The number of carboxylic acids is 1. The van der Waals surface area contributed by atoms with Crippen LogP contribution in [0.3, 0.4) is 0 Å². The van der Waals surface area contributed by atoms with Gasteiger partial charge < -0.3 is 9.67 Å². The van der Waals surface area contributed by atoms with Gasteiger partial charge in [-0.3, -0.25) is 14.5 Å². The normalized spacial score (nSPS) is 11.0. The Bertz CT molecular complexity index is 1440. The molecular weight excluding hydrogens is 462 g/mol. The van der Waals surface area contributed by atoms with E-state index in [0.29, 0.717) is 42.2 Å². The maximum Gasteiger partial charge on any atom is 0.303 e. The van der Waals surface area contributed by atoms with Gasteiger partial charge in [0.2, 0.25) is 0 Å². The first kappa shape index (κ1) is 25.7. The molecule has 0 aliphatic carbocycles. The van der Waals surface area contributed by atoms with Gasteiger partial charge in [-0.25, -0.2) is 0 Å². The number of para-hydroxylation sites is 1. The van der Waals surface area contributed by atoms with Crippen molar-refractivity contribution in [1.29, 1.82) is 5.26 Å². The van der Waals surface area contributed by atoms with Crippen LogP contribution in [0, 0.1) is 17.4 Å². The molecule has 1 heterocycles. The standard InChI is InChI=1S/C31H31N3O3/c1-22(2)17-23-12-14-24(15-13-23)19-34(21-32)26-8-5-7-25(18-26)31(37)28-20-33(16-6-11-30(35)36)29-10-4-3-9-27(28)29/h3-5,7-10,12-15,18,20,22H,6,11,16-17,19H2,1-2H3,(H,35,36). The van der Waals surface area contributed by atoms with E-state index in [-0.39, 0.29) is 12.2 Å². The quantitative estimate of drug-likeness (QED) is 0.148. The Morgan fingerprint density at radius 2 is 1.73 bits per heavy atom. The topological polar surface area (TPSA) is 86.3 Å². The van der Waals surface area contributed by atoms with E-state index in [1.165, 1.54) is 5.56 Å². The Kier molecular flexibility index (Phi) is 8.05. The van der Waals surface area contributed by atoms with Crippen LogP contribution < -0.4 is 4.90 Å². The molecule has 4 rings (SSSR count). The predicted molar refractivity (Wildman–Crippen MR) is 145 cm³/mol. The zero-order chi connectivity index (χ0) is 26.4. The highest BCUT2D eigenvalue weighted by atomic mass is 16.4. The van der Waals surface area contributed by atoms with Crippen molar-refractivity contribution in [3.05, 3.63) is 101 Å². The summed E-state index contributed by atoms with van der Waals surface area (Å²) < 4.78 is 1.94. The Balaban J connectivity index is 1.57. The molecule has 37 heavy (non-hydrogen) atoms. The second-order valence-electron chi connectivity index (χ2n) is 9.73. The molecule has 0 fully saturated rings. The van der Waals surface area contributed by atoms with Crippen LogP contribution in [0.5, 0.6) is 0 Å². The fraction of sp³-hybridized carbons (Fsp3) is 0.258. The van der Waals surface area contributed by atoms with Gasteiger partial charge in [0, 0.05) is 41.2 Å². The van der Waals surface area contributed by atoms with Gasteiger partial charge in [-0.1, -0.05) is 68.4 Å². The lowest BCUT2D eigenvalue weighted by Gasteiger charge is -2.17. The SMILES string of the molecule is CC(C)Cc1ccc(CN(C#N)c2cccc(C(=O)c3cn(CCCC(=O)O)c4ccccc34)c2)cc1. The monoisotopic (exact) mass is 493 g/mol. The highest BCUT2D eigenvalue weighted by molar-refractivity contribution is 6.16. The van der Waals surface area contributed by atoms with Crippen LogP contribution in [0.4, 0.5) is 5.69 Å². The van der Waals surface area contributed by atoms with Crippen molar-refractivity contribution < 1.29 is 14.7 Å². The van der Waals surface area contributed by atoms with Crippen LogP contribution in [0.1, 0.15) is 53.7 Å². The minimum atomic E-state index is -0.835. The van der Waals surface area contributed by atoms with Crippen molar-refractivity contribution >= 4 is 28.3 Å². The van der Waals surface area contributed by atoms with E-state index in [9.17, 15) is 14.9 Å². The molecule has 1 aromatic heterocycles. The molecule has 4 aromatic rings. The summed E-state index contributed by atoms with van der Waals surface area (Å²) in [7, 11) is 0. The van der Waals surface area contributed by atoms with Gasteiger partial charge in [-0.05, 0) is 48.1 Å². The van der Waals surface area contributed by atoms with Gasteiger partial charge in [0.1, 0.15) is 0 Å². The average molecular weight is 494 g/mol. The molecule has 0 saturated heterocycles. The van der Waals surface area contributed by atoms with Crippen molar-refractivity contribution in [3.8, 4) is 6.19 Å². The maximum atomic E-state index is 13.6. The molecule has 0 atom stereocenters.